The molecule has 1 aromatic rings. The first-order valence-electron chi connectivity index (χ1n) is 10.5. The summed E-state index contributed by atoms with van der Waals surface area (Å²) in [5.41, 5.74) is 2.75. The molecule has 0 spiro atoms. The molecule has 1 amide bonds. The van der Waals surface area contributed by atoms with Gasteiger partial charge >= 0.3 is 0 Å². The highest BCUT2D eigenvalue weighted by Gasteiger charge is 2.31. The van der Waals surface area contributed by atoms with Gasteiger partial charge in [-0.25, -0.2) is 8.42 Å². The van der Waals surface area contributed by atoms with Crippen LogP contribution in [-0.4, -0.2) is 75.5 Å². The Hall–Kier alpha value is -1.48. The Morgan fingerprint density at radius 1 is 1.17 bits per heavy atom. The van der Waals surface area contributed by atoms with Crippen molar-refractivity contribution in [1.82, 2.24) is 14.5 Å². The number of aryl methyl sites for hydroxylation is 3. The van der Waals surface area contributed by atoms with Crippen molar-refractivity contribution in [2.45, 2.75) is 51.0 Å². The number of sulfonamides is 1. The smallest absolute Gasteiger partial charge is 0.243 e. The first-order valence-corrected chi connectivity index (χ1v) is 11.9. The Balaban J connectivity index is 1.80. The molecule has 162 valence electrons. The standard InChI is InChI=1S/C21H33N3O4S/c1-16-13-18(3)20(14-17(16)2)29(26,27)24(15-19-5-4-12-28-19)9-6-21(25)23-10-7-22-8-11-23/h13-14,19,22H,4-12,15H2,1-3H3. The molecular weight excluding hydrogens is 390 g/mol. The second-order valence-electron chi connectivity index (χ2n) is 8.08. The van der Waals surface area contributed by atoms with Gasteiger partial charge in [-0.1, -0.05) is 6.07 Å². The lowest BCUT2D eigenvalue weighted by Crippen LogP contribution is -2.47. The van der Waals surface area contributed by atoms with Gasteiger partial charge in [0.2, 0.25) is 15.9 Å². The van der Waals surface area contributed by atoms with Crippen molar-refractivity contribution >= 4 is 15.9 Å². The molecule has 2 fully saturated rings. The fraction of sp³-hybridized carbons (Fsp3) is 0.667. The van der Waals surface area contributed by atoms with E-state index in [9.17, 15) is 13.2 Å². The molecule has 1 N–H and O–H groups in total. The number of carbonyl (C=O) groups excluding carboxylic acids is 1. The van der Waals surface area contributed by atoms with Crippen LogP contribution in [0.4, 0.5) is 0 Å². The largest absolute Gasteiger partial charge is 0.377 e. The van der Waals surface area contributed by atoms with Crippen molar-refractivity contribution in [2.75, 3.05) is 45.9 Å². The normalized spacial score (nSPS) is 20.4. The van der Waals surface area contributed by atoms with Crippen LogP contribution in [0.2, 0.25) is 0 Å². The zero-order chi connectivity index (χ0) is 21.0. The maximum Gasteiger partial charge on any atom is 0.243 e. The van der Waals surface area contributed by atoms with Crippen LogP contribution in [0.15, 0.2) is 17.0 Å². The van der Waals surface area contributed by atoms with Gasteiger partial charge in [0.25, 0.3) is 0 Å². The average Bonchev–Trinajstić information content (AvgIpc) is 3.21. The number of benzene rings is 1. The number of amides is 1. The van der Waals surface area contributed by atoms with Crippen LogP contribution < -0.4 is 5.32 Å². The lowest BCUT2D eigenvalue weighted by Gasteiger charge is -2.29. The molecule has 7 nitrogen and oxygen atoms in total. The van der Waals surface area contributed by atoms with Crippen molar-refractivity contribution in [3.05, 3.63) is 28.8 Å². The predicted octanol–water partition coefficient (Wildman–Crippen LogP) is 1.60. The van der Waals surface area contributed by atoms with Gasteiger partial charge in [0.15, 0.2) is 0 Å². The summed E-state index contributed by atoms with van der Waals surface area (Å²) >= 11 is 0. The van der Waals surface area contributed by atoms with Crippen molar-refractivity contribution in [1.29, 1.82) is 0 Å². The molecule has 1 unspecified atom stereocenters. The Kier molecular flexibility index (Phi) is 7.32. The van der Waals surface area contributed by atoms with Gasteiger partial charge < -0.3 is 15.0 Å². The van der Waals surface area contributed by atoms with Gasteiger partial charge in [0.1, 0.15) is 0 Å². The lowest BCUT2D eigenvalue weighted by atomic mass is 10.1. The third kappa shape index (κ3) is 5.36. The summed E-state index contributed by atoms with van der Waals surface area (Å²) < 4.78 is 34.2. The molecule has 1 atom stereocenters. The molecule has 1 aromatic carbocycles. The lowest BCUT2D eigenvalue weighted by molar-refractivity contribution is -0.131. The van der Waals surface area contributed by atoms with Crippen LogP contribution in [0.5, 0.6) is 0 Å². The van der Waals surface area contributed by atoms with Crippen LogP contribution in [0, 0.1) is 20.8 Å². The molecule has 29 heavy (non-hydrogen) atoms. The van der Waals surface area contributed by atoms with Crippen LogP contribution in [0.1, 0.15) is 36.0 Å². The van der Waals surface area contributed by atoms with E-state index in [1.807, 2.05) is 31.7 Å². The Morgan fingerprint density at radius 2 is 1.86 bits per heavy atom. The topological polar surface area (TPSA) is 79.0 Å². The number of piperazine rings is 1. The molecule has 2 heterocycles. The van der Waals surface area contributed by atoms with Crippen molar-refractivity contribution in [2.24, 2.45) is 0 Å². The van der Waals surface area contributed by atoms with Crippen LogP contribution in [-0.2, 0) is 19.6 Å². The molecule has 0 bridgehead atoms. The minimum absolute atomic E-state index is 0.0100. The van der Waals surface area contributed by atoms with E-state index in [1.165, 1.54) is 4.31 Å². The molecule has 2 aliphatic rings. The summed E-state index contributed by atoms with van der Waals surface area (Å²) in [5.74, 6) is 0.0100. The number of ether oxygens (including phenoxy) is 1. The van der Waals surface area contributed by atoms with Crippen LogP contribution >= 0.6 is 0 Å². The summed E-state index contributed by atoms with van der Waals surface area (Å²) in [6.45, 7) is 9.79. The Bertz CT molecular complexity index is 829. The summed E-state index contributed by atoms with van der Waals surface area (Å²) in [6, 6.07) is 3.67. The van der Waals surface area contributed by atoms with Gasteiger partial charge in [-0.05, 0) is 56.4 Å². The van der Waals surface area contributed by atoms with E-state index in [4.69, 9.17) is 4.74 Å². The van der Waals surface area contributed by atoms with Crippen molar-refractivity contribution in [3.8, 4) is 0 Å². The minimum atomic E-state index is -3.71. The molecule has 0 radical (unpaired) electrons. The fourth-order valence-corrected chi connectivity index (χ4v) is 5.73. The number of nitrogens with one attached hydrogen (secondary N) is 1. The van der Waals surface area contributed by atoms with Gasteiger partial charge in [-0.3, -0.25) is 4.79 Å². The highest BCUT2D eigenvalue weighted by molar-refractivity contribution is 7.89. The highest BCUT2D eigenvalue weighted by atomic mass is 32.2. The monoisotopic (exact) mass is 423 g/mol. The van der Waals surface area contributed by atoms with Gasteiger partial charge in [-0.15, -0.1) is 0 Å². The second kappa shape index (κ2) is 9.55. The van der Waals surface area contributed by atoms with E-state index in [2.05, 4.69) is 5.32 Å². The van der Waals surface area contributed by atoms with E-state index in [1.54, 1.807) is 6.07 Å². The maximum absolute atomic E-state index is 13.5. The molecule has 2 aliphatic heterocycles. The Morgan fingerprint density at radius 3 is 2.52 bits per heavy atom. The number of hydrogen-bond donors (Lipinski definition) is 1. The summed E-state index contributed by atoms with van der Waals surface area (Å²) in [7, 11) is -3.71. The minimum Gasteiger partial charge on any atom is -0.377 e. The van der Waals surface area contributed by atoms with Crippen LogP contribution in [0.25, 0.3) is 0 Å². The number of hydrogen-bond acceptors (Lipinski definition) is 5. The quantitative estimate of drug-likeness (QED) is 0.721. The van der Waals surface area contributed by atoms with Crippen molar-refractivity contribution in [3.63, 3.8) is 0 Å². The van der Waals surface area contributed by atoms with Gasteiger partial charge in [0.05, 0.1) is 11.0 Å². The predicted molar refractivity (Wildman–Crippen MR) is 112 cm³/mol. The molecule has 8 heteroatoms. The molecule has 0 aromatic heterocycles. The number of nitrogens with zero attached hydrogens (tertiary/aromatic N) is 2. The molecule has 0 saturated carbocycles. The summed E-state index contributed by atoms with van der Waals surface area (Å²) in [5, 5.41) is 3.23. The molecule has 2 saturated heterocycles. The van der Waals surface area contributed by atoms with E-state index < -0.39 is 10.0 Å². The first-order chi connectivity index (χ1) is 13.8. The average molecular weight is 424 g/mol. The van der Waals surface area contributed by atoms with Crippen molar-refractivity contribution < 1.29 is 17.9 Å². The van der Waals surface area contributed by atoms with E-state index in [-0.39, 0.29) is 25.0 Å². The van der Waals surface area contributed by atoms with E-state index in [0.29, 0.717) is 31.1 Å². The molecule has 0 aliphatic carbocycles. The zero-order valence-electron chi connectivity index (χ0n) is 17.7. The molecule has 3 rings (SSSR count). The summed E-state index contributed by atoms with van der Waals surface area (Å²) in [4.78, 5) is 14.8. The second-order valence-corrected chi connectivity index (χ2v) is 9.99. The molecular formula is C21H33N3O4S. The maximum atomic E-state index is 13.5. The zero-order valence-corrected chi connectivity index (χ0v) is 18.6. The van der Waals surface area contributed by atoms with Crippen LogP contribution in [0.3, 0.4) is 0 Å². The van der Waals surface area contributed by atoms with E-state index in [0.717, 1.165) is 42.6 Å². The third-order valence-corrected chi connectivity index (χ3v) is 7.89. The third-order valence-electron chi connectivity index (χ3n) is 5.89. The number of rotatable bonds is 7. The number of carbonyl (C=O) groups is 1. The van der Waals surface area contributed by atoms with Gasteiger partial charge in [0, 0.05) is 52.3 Å². The summed E-state index contributed by atoms with van der Waals surface area (Å²) in [6.07, 6.45) is 1.88. The highest BCUT2D eigenvalue weighted by Crippen LogP contribution is 2.25. The Labute approximate surface area is 174 Å². The van der Waals surface area contributed by atoms with Gasteiger partial charge in [-0.2, -0.15) is 4.31 Å². The first kappa shape index (κ1) is 22.2. The fourth-order valence-electron chi connectivity index (χ4n) is 3.97. The SMILES string of the molecule is Cc1cc(C)c(S(=O)(=O)N(CCC(=O)N2CCNCC2)CC2CCCO2)cc1C. The van der Waals surface area contributed by atoms with E-state index >= 15 is 0 Å².